The molecular formula is C24H22N2O7. The number of methoxy groups -OCH3 is 3. The number of benzene rings is 3. The van der Waals surface area contributed by atoms with Gasteiger partial charge in [-0.15, -0.1) is 0 Å². The van der Waals surface area contributed by atoms with Crippen molar-refractivity contribution in [1.29, 1.82) is 0 Å². The molecule has 0 aliphatic rings. The van der Waals surface area contributed by atoms with Crippen LogP contribution >= 0.6 is 0 Å². The number of aromatic hydroxyl groups is 1. The number of carbonyl (C=O) groups is 2. The minimum absolute atomic E-state index is 0.0997. The van der Waals surface area contributed by atoms with Gasteiger partial charge in [0, 0.05) is 0 Å². The second-order valence-corrected chi connectivity index (χ2v) is 6.59. The van der Waals surface area contributed by atoms with E-state index in [9.17, 15) is 14.7 Å². The summed E-state index contributed by atoms with van der Waals surface area (Å²) in [6.45, 7) is 0. The number of hydrazone groups is 1. The van der Waals surface area contributed by atoms with Gasteiger partial charge in [-0.1, -0.05) is 24.3 Å². The lowest BCUT2D eigenvalue weighted by molar-refractivity contribution is 0.0733. The summed E-state index contributed by atoms with van der Waals surface area (Å²) in [6.07, 6.45) is 1.38. The molecule has 0 radical (unpaired) electrons. The zero-order chi connectivity index (χ0) is 23.8. The third-order valence-corrected chi connectivity index (χ3v) is 4.50. The lowest BCUT2D eigenvalue weighted by Crippen LogP contribution is -2.17. The first-order chi connectivity index (χ1) is 16.0. The zero-order valence-electron chi connectivity index (χ0n) is 18.2. The zero-order valence-corrected chi connectivity index (χ0v) is 18.2. The van der Waals surface area contributed by atoms with E-state index in [1.807, 2.05) is 0 Å². The first-order valence-electron chi connectivity index (χ1n) is 9.70. The van der Waals surface area contributed by atoms with E-state index >= 15 is 0 Å². The van der Waals surface area contributed by atoms with Gasteiger partial charge in [-0.25, -0.2) is 10.2 Å². The van der Waals surface area contributed by atoms with Crippen molar-refractivity contribution < 1.29 is 33.6 Å². The first-order valence-corrected chi connectivity index (χ1v) is 9.70. The van der Waals surface area contributed by atoms with Crippen LogP contribution in [0.3, 0.4) is 0 Å². The van der Waals surface area contributed by atoms with Gasteiger partial charge in [-0.2, -0.15) is 5.10 Å². The average Bonchev–Trinajstić information content (AvgIpc) is 2.83. The highest BCUT2D eigenvalue weighted by atomic mass is 16.5. The van der Waals surface area contributed by atoms with Gasteiger partial charge in [-0.05, 0) is 42.0 Å². The number of hydrogen-bond donors (Lipinski definition) is 2. The fourth-order valence-corrected chi connectivity index (χ4v) is 2.91. The number of para-hydroxylation sites is 1. The van der Waals surface area contributed by atoms with Crippen molar-refractivity contribution in [3.05, 3.63) is 77.4 Å². The molecule has 0 bridgehead atoms. The number of phenolic OH excluding ortho intramolecular Hbond substituents is 1. The molecule has 0 aliphatic carbocycles. The third-order valence-electron chi connectivity index (χ3n) is 4.50. The Kier molecular flexibility index (Phi) is 7.48. The van der Waals surface area contributed by atoms with Gasteiger partial charge in [0.05, 0.1) is 38.7 Å². The highest BCUT2D eigenvalue weighted by molar-refractivity contribution is 5.97. The van der Waals surface area contributed by atoms with Gasteiger partial charge in [0.2, 0.25) is 5.75 Å². The first kappa shape index (κ1) is 23.1. The second kappa shape index (κ2) is 10.7. The summed E-state index contributed by atoms with van der Waals surface area (Å²) in [6, 6.07) is 15.7. The normalized spacial score (nSPS) is 10.5. The molecule has 0 atom stereocenters. The predicted molar refractivity (Wildman–Crippen MR) is 121 cm³/mol. The molecule has 0 saturated heterocycles. The van der Waals surface area contributed by atoms with Crippen molar-refractivity contribution in [2.24, 2.45) is 5.10 Å². The van der Waals surface area contributed by atoms with E-state index < -0.39 is 11.9 Å². The van der Waals surface area contributed by atoms with Crippen molar-refractivity contribution in [2.45, 2.75) is 0 Å². The Morgan fingerprint density at radius 1 is 0.909 bits per heavy atom. The molecule has 3 rings (SSSR count). The SMILES string of the molecule is COc1cc(C(=O)Oc2cccc(/C=N\NC(=O)c3ccccc3O)c2)cc(OC)c1OC. The van der Waals surface area contributed by atoms with Crippen molar-refractivity contribution >= 4 is 18.1 Å². The van der Waals surface area contributed by atoms with Crippen molar-refractivity contribution in [2.75, 3.05) is 21.3 Å². The van der Waals surface area contributed by atoms with Gasteiger partial charge < -0.3 is 24.1 Å². The van der Waals surface area contributed by atoms with Crippen LogP contribution in [0, 0.1) is 0 Å². The number of carbonyl (C=O) groups excluding carboxylic acids is 2. The summed E-state index contributed by atoms with van der Waals surface area (Å²) >= 11 is 0. The molecule has 0 aromatic heterocycles. The molecule has 1 amide bonds. The number of nitrogens with zero attached hydrogens (tertiary/aromatic N) is 1. The standard InChI is InChI=1S/C24H22N2O7/c1-30-20-12-16(13-21(31-2)22(20)32-3)24(29)33-17-8-6-7-15(11-17)14-25-26-23(28)18-9-4-5-10-19(18)27/h4-14,27H,1-3H3,(H,26,28)/b25-14-. The van der Waals surface area contributed by atoms with Crippen LogP contribution in [0.4, 0.5) is 0 Å². The molecule has 2 N–H and O–H groups in total. The van der Waals surface area contributed by atoms with Crippen molar-refractivity contribution in [3.63, 3.8) is 0 Å². The molecule has 3 aromatic rings. The van der Waals surface area contributed by atoms with E-state index in [1.165, 1.54) is 51.8 Å². The van der Waals surface area contributed by atoms with E-state index in [0.717, 1.165) is 0 Å². The van der Waals surface area contributed by atoms with Crippen molar-refractivity contribution in [1.82, 2.24) is 5.43 Å². The maximum Gasteiger partial charge on any atom is 0.343 e. The summed E-state index contributed by atoms with van der Waals surface area (Å²) in [5.74, 6) is -0.0588. The number of ether oxygens (including phenoxy) is 4. The number of rotatable bonds is 8. The van der Waals surface area contributed by atoms with Gasteiger partial charge in [-0.3, -0.25) is 4.79 Å². The molecule has 0 heterocycles. The quantitative estimate of drug-likeness (QED) is 0.234. The van der Waals surface area contributed by atoms with E-state index in [0.29, 0.717) is 22.8 Å². The largest absolute Gasteiger partial charge is 0.507 e. The van der Waals surface area contributed by atoms with Gasteiger partial charge >= 0.3 is 5.97 Å². The Morgan fingerprint density at radius 2 is 1.61 bits per heavy atom. The van der Waals surface area contributed by atoms with E-state index in [-0.39, 0.29) is 22.6 Å². The fourth-order valence-electron chi connectivity index (χ4n) is 2.91. The number of esters is 1. The molecule has 0 spiro atoms. The molecule has 0 unspecified atom stereocenters. The maximum atomic E-state index is 12.7. The summed E-state index contributed by atoms with van der Waals surface area (Å²) in [4.78, 5) is 24.8. The van der Waals surface area contributed by atoms with Crippen LogP contribution in [0.25, 0.3) is 0 Å². The number of phenols is 1. The van der Waals surface area contributed by atoms with E-state index in [4.69, 9.17) is 18.9 Å². The molecule has 3 aromatic carbocycles. The maximum absolute atomic E-state index is 12.7. The Balaban J connectivity index is 1.71. The fraction of sp³-hybridized carbons (Fsp3) is 0.125. The van der Waals surface area contributed by atoms with Crippen LogP contribution in [0.1, 0.15) is 26.3 Å². The molecule has 9 nitrogen and oxygen atoms in total. The summed E-state index contributed by atoms with van der Waals surface area (Å²) in [5.41, 5.74) is 3.21. The smallest absolute Gasteiger partial charge is 0.343 e. The highest BCUT2D eigenvalue weighted by Crippen LogP contribution is 2.38. The Hall–Kier alpha value is -4.53. The predicted octanol–water partition coefficient (Wildman–Crippen LogP) is 3.40. The van der Waals surface area contributed by atoms with Crippen LogP contribution in [0.5, 0.6) is 28.7 Å². The molecule has 33 heavy (non-hydrogen) atoms. The molecule has 170 valence electrons. The van der Waals surface area contributed by atoms with Crippen LogP contribution in [0.15, 0.2) is 65.8 Å². The van der Waals surface area contributed by atoms with Crippen molar-refractivity contribution in [3.8, 4) is 28.7 Å². The van der Waals surface area contributed by atoms with E-state index in [2.05, 4.69) is 10.5 Å². The second-order valence-electron chi connectivity index (χ2n) is 6.59. The molecular weight excluding hydrogens is 428 g/mol. The molecule has 9 heteroatoms. The van der Waals surface area contributed by atoms with Gasteiger partial charge in [0.25, 0.3) is 5.91 Å². The topological polar surface area (TPSA) is 116 Å². The third kappa shape index (κ3) is 5.59. The summed E-state index contributed by atoms with van der Waals surface area (Å²) in [7, 11) is 4.37. The van der Waals surface area contributed by atoms with Gasteiger partial charge in [0.1, 0.15) is 11.5 Å². The number of hydrogen-bond acceptors (Lipinski definition) is 8. The molecule has 0 aliphatic heterocycles. The highest BCUT2D eigenvalue weighted by Gasteiger charge is 2.18. The van der Waals surface area contributed by atoms with Crippen LogP contribution < -0.4 is 24.4 Å². The monoisotopic (exact) mass is 450 g/mol. The minimum atomic E-state index is -0.629. The van der Waals surface area contributed by atoms with Crippen LogP contribution in [-0.2, 0) is 0 Å². The summed E-state index contributed by atoms with van der Waals surface area (Å²) in [5, 5.41) is 13.6. The minimum Gasteiger partial charge on any atom is -0.507 e. The molecule has 0 fully saturated rings. The Bertz CT molecular complexity index is 1170. The lowest BCUT2D eigenvalue weighted by atomic mass is 10.1. The van der Waals surface area contributed by atoms with Crippen LogP contribution in [-0.4, -0.2) is 44.5 Å². The number of nitrogens with one attached hydrogen (secondary N) is 1. The number of amides is 1. The Labute approximate surface area is 190 Å². The molecule has 0 saturated carbocycles. The average molecular weight is 450 g/mol. The lowest BCUT2D eigenvalue weighted by Gasteiger charge is -2.13. The summed E-state index contributed by atoms with van der Waals surface area (Å²) < 4.78 is 21.2. The van der Waals surface area contributed by atoms with Crippen LogP contribution in [0.2, 0.25) is 0 Å². The van der Waals surface area contributed by atoms with E-state index in [1.54, 1.807) is 36.4 Å². The Morgan fingerprint density at radius 3 is 2.24 bits per heavy atom. The van der Waals surface area contributed by atoms with Gasteiger partial charge in [0.15, 0.2) is 11.5 Å².